The van der Waals surface area contributed by atoms with Crippen LogP contribution in [0.3, 0.4) is 0 Å². The minimum absolute atomic E-state index is 0.750. The molecule has 0 amide bonds. The van der Waals surface area contributed by atoms with Crippen molar-refractivity contribution in [2.45, 2.75) is 40.0 Å². The van der Waals surface area contributed by atoms with Crippen LogP contribution in [0.25, 0.3) is 0 Å². The summed E-state index contributed by atoms with van der Waals surface area (Å²) in [5.41, 5.74) is 0. The van der Waals surface area contributed by atoms with Gasteiger partial charge in [-0.2, -0.15) is 0 Å². The molecule has 0 saturated heterocycles. The van der Waals surface area contributed by atoms with Crippen LogP contribution in [0.15, 0.2) is 0 Å². The summed E-state index contributed by atoms with van der Waals surface area (Å²) in [6, 6.07) is 0. The maximum Gasteiger partial charge on any atom is -0.0143 e. The lowest BCUT2D eigenvalue weighted by molar-refractivity contribution is 0.549. The molecule has 0 N–H and O–H groups in total. The van der Waals surface area contributed by atoms with Crippen molar-refractivity contribution in [3.63, 3.8) is 0 Å². The van der Waals surface area contributed by atoms with Crippen LogP contribution in [0.5, 0.6) is 0 Å². The van der Waals surface area contributed by atoms with Crippen molar-refractivity contribution in [3.8, 4) is 0 Å². The van der Waals surface area contributed by atoms with Crippen molar-refractivity contribution in [1.29, 1.82) is 0 Å². The van der Waals surface area contributed by atoms with Gasteiger partial charge < -0.3 is 0 Å². The topological polar surface area (TPSA) is 0 Å². The average Bonchev–Trinajstić information content (AvgIpc) is 1.83. The van der Waals surface area contributed by atoms with Gasteiger partial charge in [-0.05, 0) is 18.8 Å². The van der Waals surface area contributed by atoms with E-state index in [1.54, 1.807) is 0 Å². The van der Waals surface area contributed by atoms with Crippen LogP contribution in [0.1, 0.15) is 40.0 Å². The van der Waals surface area contributed by atoms with E-state index < -0.39 is 0 Å². The molecule has 0 aromatic carbocycles. The molecule has 0 aliphatic heterocycles. The van der Waals surface area contributed by atoms with Crippen LogP contribution >= 0.6 is 0 Å². The SMILES string of the molecule is CC[C]C(CC)CC. The van der Waals surface area contributed by atoms with Crippen LogP contribution in [0.4, 0.5) is 0 Å². The van der Waals surface area contributed by atoms with E-state index in [1.807, 2.05) is 0 Å². The summed E-state index contributed by atoms with van der Waals surface area (Å²) < 4.78 is 0. The Balaban J connectivity index is 3.07. The molecule has 0 aromatic heterocycles. The van der Waals surface area contributed by atoms with E-state index in [1.165, 1.54) is 12.8 Å². The maximum atomic E-state index is 3.38. The van der Waals surface area contributed by atoms with Gasteiger partial charge in [0.05, 0.1) is 0 Å². The van der Waals surface area contributed by atoms with Gasteiger partial charge in [-0.25, -0.2) is 0 Å². The van der Waals surface area contributed by atoms with Crippen LogP contribution in [-0.4, -0.2) is 0 Å². The minimum Gasteiger partial charge on any atom is -0.0651 e. The molecule has 0 unspecified atom stereocenters. The Labute approximate surface area is 53.3 Å². The van der Waals surface area contributed by atoms with Crippen molar-refractivity contribution < 1.29 is 0 Å². The van der Waals surface area contributed by atoms with Crippen LogP contribution in [0.2, 0.25) is 0 Å². The van der Waals surface area contributed by atoms with E-state index in [9.17, 15) is 0 Å². The molecule has 0 bridgehead atoms. The minimum atomic E-state index is 0.750. The van der Waals surface area contributed by atoms with Crippen molar-refractivity contribution >= 4 is 0 Å². The maximum absolute atomic E-state index is 3.38. The quantitative estimate of drug-likeness (QED) is 0.524. The van der Waals surface area contributed by atoms with E-state index in [0.717, 1.165) is 12.3 Å². The second kappa shape index (κ2) is 5.14. The lowest BCUT2D eigenvalue weighted by Gasteiger charge is -2.07. The molecule has 0 nitrogen and oxygen atoms in total. The van der Waals surface area contributed by atoms with Gasteiger partial charge in [-0.3, -0.25) is 0 Å². The first-order valence-electron chi connectivity index (χ1n) is 3.58. The molecule has 0 atom stereocenters. The summed E-state index contributed by atoms with van der Waals surface area (Å²) in [6.07, 6.45) is 6.99. The fourth-order valence-corrected chi connectivity index (χ4v) is 0.866. The highest BCUT2D eigenvalue weighted by Crippen LogP contribution is 2.12. The largest absolute Gasteiger partial charge is 0.0651 e. The highest BCUT2D eigenvalue weighted by Gasteiger charge is 1.99. The summed E-state index contributed by atoms with van der Waals surface area (Å²) >= 11 is 0. The summed E-state index contributed by atoms with van der Waals surface area (Å²) in [6.45, 7) is 6.59. The molecule has 0 aliphatic rings. The normalized spacial score (nSPS) is 10.5. The lowest BCUT2D eigenvalue weighted by atomic mass is 9.98. The molecule has 0 heterocycles. The zero-order valence-corrected chi connectivity index (χ0v) is 6.20. The molecule has 0 spiro atoms. The highest BCUT2D eigenvalue weighted by molar-refractivity contribution is 4.71. The molecule has 48 valence electrons. The van der Waals surface area contributed by atoms with Crippen LogP contribution in [0, 0.1) is 12.3 Å². The van der Waals surface area contributed by atoms with Gasteiger partial charge in [0.15, 0.2) is 0 Å². The smallest absolute Gasteiger partial charge is 0.0143 e. The van der Waals surface area contributed by atoms with Gasteiger partial charge in [-0.15, -0.1) is 0 Å². The van der Waals surface area contributed by atoms with Gasteiger partial charge in [0.1, 0.15) is 0 Å². The van der Waals surface area contributed by atoms with Crippen molar-refractivity contribution in [1.82, 2.24) is 0 Å². The number of hydrogen-bond acceptors (Lipinski definition) is 0. The Morgan fingerprint density at radius 1 is 1.12 bits per heavy atom. The molecule has 0 aliphatic carbocycles. The summed E-state index contributed by atoms with van der Waals surface area (Å²) in [4.78, 5) is 0. The fourth-order valence-electron chi connectivity index (χ4n) is 0.866. The predicted molar refractivity (Wildman–Crippen MR) is 37.6 cm³/mol. The molecular weight excluding hydrogens is 96.1 g/mol. The Bertz CT molecular complexity index is 35.3. The Morgan fingerprint density at radius 2 is 1.62 bits per heavy atom. The second-order valence-corrected chi connectivity index (χ2v) is 2.07. The Kier molecular flexibility index (Phi) is 5.14. The van der Waals surface area contributed by atoms with Gasteiger partial charge in [0.25, 0.3) is 0 Å². The van der Waals surface area contributed by atoms with Crippen molar-refractivity contribution in [2.24, 2.45) is 5.92 Å². The molecule has 0 aromatic rings. The third-order valence-electron chi connectivity index (χ3n) is 1.48. The van der Waals surface area contributed by atoms with Crippen molar-refractivity contribution in [3.05, 3.63) is 6.42 Å². The third-order valence-corrected chi connectivity index (χ3v) is 1.48. The molecule has 0 saturated carbocycles. The predicted octanol–water partition coefficient (Wildman–Crippen LogP) is 2.91. The first-order chi connectivity index (χ1) is 3.85. The van der Waals surface area contributed by atoms with Gasteiger partial charge in [0, 0.05) is 0 Å². The van der Waals surface area contributed by atoms with Gasteiger partial charge in [-0.1, -0.05) is 33.6 Å². The van der Waals surface area contributed by atoms with E-state index in [4.69, 9.17) is 0 Å². The monoisotopic (exact) mass is 112 g/mol. The van der Waals surface area contributed by atoms with Gasteiger partial charge in [0.2, 0.25) is 0 Å². The third kappa shape index (κ3) is 3.06. The molecular formula is C8H16. The van der Waals surface area contributed by atoms with Crippen LogP contribution in [-0.2, 0) is 0 Å². The van der Waals surface area contributed by atoms with Crippen molar-refractivity contribution in [2.75, 3.05) is 0 Å². The number of hydrogen-bond donors (Lipinski definition) is 0. The van der Waals surface area contributed by atoms with E-state index in [2.05, 4.69) is 27.2 Å². The van der Waals surface area contributed by atoms with Gasteiger partial charge >= 0.3 is 0 Å². The molecule has 0 rings (SSSR count). The summed E-state index contributed by atoms with van der Waals surface area (Å²) in [7, 11) is 0. The molecule has 0 fully saturated rings. The van der Waals surface area contributed by atoms with E-state index in [0.29, 0.717) is 0 Å². The highest BCUT2D eigenvalue weighted by atomic mass is 14.0. The Morgan fingerprint density at radius 3 is 1.75 bits per heavy atom. The second-order valence-electron chi connectivity index (χ2n) is 2.07. The Hall–Kier alpha value is 0. The molecule has 0 heteroatoms. The first kappa shape index (κ1) is 8.00. The molecule has 8 heavy (non-hydrogen) atoms. The molecule has 2 radical (unpaired) electrons. The standard InChI is InChI=1S/C8H16/c1-4-7-8(5-2)6-3/h8H,4-6H2,1-3H3. The zero-order chi connectivity index (χ0) is 6.41. The van der Waals surface area contributed by atoms with Crippen LogP contribution < -0.4 is 0 Å². The number of rotatable bonds is 4. The summed E-state index contributed by atoms with van der Waals surface area (Å²) in [5.74, 6) is 0.750. The zero-order valence-electron chi connectivity index (χ0n) is 6.20. The van der Waals surface area contributed by atoms with E-state index in [-0.39, 0.29) is 0 Å². The average molecular weight is 112 g/mol. The fraction of sp³-hybridized carbons (Fsp3) is 0.875. The lowest BCUT2D eigenvalue weighted by Crippen LogP contribution is -1.95. The summed E-state index contributed by atoms with van der Waals surface area (Å²) in [5, 5.41) is 0. The first-order valence-corrected chi connectivity index (χ1v) is 3.58. The van der Waals surface area contributed by atoms with E-state index >= 15 is 0 Å².